The van der Waals surface area contributed by atoms with Gasteiger partial charge < -0.3 is 4.90 Å². The Morgan fingerprint density at radius 2 is 1.97 bits per heavy atom. The van der Waals surface area contributed by atoms with E-state index >= 15 is 0 Å². The Hall–Kier alpha value is -4.25. The molecule has 1 saturated heterocycles. The van der Waals surface area contributed by atoms with Gasteiger partial charge in [-0.05, 0) is 37.6 Å². The summed E-state index contributed by atoms with van der Waals surface area (Å²) in [6.45, 7) is 3.68. The molecule has 8 heteroatoms. The Labute approximate surface area is 191 Å². The van der Waals surface area contributed by atoms with Gasteiger partial charge in [-0.15, -0.1) is 6.42 Å². The van der Waals surface area contributed by atoms with Crippen LogP contribution < -0.4 is 15.1 Å². The first-order chi connectivity index (χ1) is 16.0. The number of anilines is 3. The Bertz CT molecular complexity index is 1320. The van der Waals surface area contributed by atoms with Crippen molar-refractivity contribution in [3.63, 3.8) is 0 Å². The van der Waals surface area contributed by atoms with Gasteiger partial charge in [0.1, 0.15) is 5.82 Å². The summed E-state index contributed by atoms with van der Waals surface area (Å²) in [5.41, 5.74) is 4.07. The minimum absolute atomic E-state index is 0.0608. The first kappa shape index (κ1) is 19.4. The summed E-state index contributed by atoms with van der Waals surface area (Å²) < 4.78 is 0. The van der Waals surface area contributed by atoms with Gasteiger partial charge in [-0.3, -0.25) is 10.2 Å². The molecule has 2 amide bonds. The molecular formula is C25H21N7O. The number of fused-ring (bicyclic) bond motifs is 4. The van der Waals surface area contributed by atoms with Crippen molar-refractivity contribution >= 4 is 23.4 Å². The summed E-state index contributed by atoms with van der Waals surface area (Å²) in [5.74, 6) is 3.66. The van der Waals surface area contributed by atoms with Crippen molar-refractivity contribution < 1.29 is 4.79 Å². The van der Waals surface area contributed by atoms with Gasteiger partial charge in [0, 0.05) is 36.0 Å². The van der Waals surface area contributed by atoms with E-state index in [-0.39, 0.29) is 12.1 Å². The van der Waals surface area contributed by atoms with Crippen LogP contribution in [0, 0.1) is 12.3 Å². The van der Waals surface area contributed by atoms with Gasteiger partial charge in [0.2, 0.25) is 5.66 Å². The number of hydrogen-bond acceptors (Lipinski definition) is 6. The minimum atomic E-state index is -0.407. The third kappa shape index (κ3) is 3.29. The number of benzene rings is 1. The lowest BCUT2D eigenvalue weighted by Gasteiger charge is -2.35. The van der Waals surface area contributed by atoms with E-state index in [0.717, 1.165) is 42.0 Å². The summed E-state index contributed by atoms with van der Waals surface area (Å²) in [4.78, 5) is 26.6. The number of urea groups is 1. The summed E-state index contributed by atoms with van der Waals surface area (Å²) in [7, 11) is 0. The van der Waals surface area contributed by atoms with Crippen LogP contribution >= 0.6 is 0 Å². The smallest absolute Gasteiger partial charge is 0.329 e. The molecule has 0 saturated carbocycles. The maximum atomic E-state index is 13.3. The number of pyridine rings is 2. The molecule has 0 spiro atoms. The second kappa shape index (κ2) is 7.14. The fraction of sp³-hybridized carbons (Fsp3) is 0.240. The molecule has 33 heavy (non-hydrogen) atoms. The molecule has 2 aromatic heterocycles. The van der Waals surface area contributed by atoms with E-state index in [9.17, 15) is 4.79 Å². The molecule has 8 nitrogen and oxygen atoms in total. The summed E-state index contributed by atoms with van der Waals surface area (Å²) in [5, 5.41) is 11.1. The van der Waals surface area contributed by atoms with E-state index in [1.807, 2.05) is 37.3 Å². The van der Waals surface area contributed by atoms with E-state index in [1.54, 1.807) is 23.2 Å². The number of amides is 2. The standard InChI is InChI=1S/C25H21N7O/c1-3-16-4-11-22(26-14-16)28-24(33)32-19-12-13-31(15-19)21-10-9-20(27-23(21)32)17-5-7-18(8-6-17)25(2)29-30-25/h1,4-11,14,19H,12-13,15H2,2H3,(H,26,28,33)/t19-/m0/s1. The highest BCUT2D eigenvalue weighted by Crippen LogP contribution is 2.41. The number of hydrogen-bond donors (Lipinski definition) is 1. The number of carbonyl (C=O) groups is 1. The van der Waals surface area contributed by atoms with Crippen LogP contribution in [0.25, 0.3) is 11.3 Å². The predicted octanol–water partition coefficient (Wildman–Crippen LogP) is 4.39. The molecule has 0 aliphatic carbocycles. The third-order valence-corrected chi connectivity index (χ3v) is 6.46. The van der Waals surface area contributed by atoms with Crippen molar-refractivity contribution in [1.82, 2.24) is 9.97 Å². The number of carbonyl (C=O) groups excluding carboxylic acids is 1. The van der Waals surface area contributed by atoms with Gasteiger partial charge in [-0.1, -0.05) is 30.2 Å². The van der Waals surface area contributed by atoms with Crippen LogP contribution in [0.4, 0.5) is 22.1 Å². The fourth-order valence-corrected chi connectivity index (χ4v) is 4.50. The SMILES string of the molecule is C#Cc1ccc(NC(=O)N2c3nc(-c4ccc(C5(C)N=N5)cc4)ccc3N3CC[C@H]2C3)nc1. The zero-order chi connectivity index (χ0) is 22.6. The number of rotatable bonds is 3. The molecule has 0 unspecified atom stereocenters. The second-order valence-electron chi connectivity index (χ2n) is 8.60. The van der Waals surface area contributed by atoms with Gasteiger partial charge >= 0.3 is 6.03 Å². The summed E-state index contributed by atoms with van der Waals surface area (Å²) in [6, 6.07) is 15.5. The number of nitrogens with zero attached hydrogens (tertiary/aromatic N) is 6. The zero-order valence-electron chi connectivity index (χ0n) is 18.1. The molecule has 6 rings (SSSR count). The van der Waals surface area contributed by atoms with Crippen LogP contribution in [-0.2, 0) is 5.66 Å². The van der Waals surface area contributed by atoms with Gasteiger partial charge in [-0.2, -0.15) is 10.2 Å². The molecule has 1 atom stereocenters. The van der Waals surface area contributed by atoms with Gasteiger partial charge in [0.15, 0.2) is 5.82 Å². The van der Waals surface area contributed by atoms with Crippen molar-refractivity contribution in [2.45, 2.75) is 25.0 Å². The van der Waals surface area contributed by atoms with Crippen molar-refractivity contribution in [3.05, 3.63) is 65.9 Å². The highest BCUT2D eigenvalue weighted by molar-refractivity contribution is 6.04. The highest BCUT2D eigenvalue weighted by atomic mass is 16.2. The summed E-state index contributed by atoms with van der Waals surface area (Å²) >= 11 is 0. The van der Waals surface area contributed by atoms with E-state index in [1.165, 1.54) is 0 Å². The third-order valence-electron chi connectivity index (χ3n) is 6.46. The molecule has 162 valence electrons. The number of terminal acetylenes is 1. The van der Waals surface area contributed by atoms with Crippen molar-refractivity contribution in [2.75, 3.05) is 28.2 Å². The Kier molecular flexibility index (Phi) is 4.20. The van der Waals surface area contributed by atoms with Crippen LogP contribution in [0.5, 0.6) is 0 Å². The van der Waals surface area contributed by atoms with Crippen molar-refractivity contribution in [2.24, 2.45) is 10.2 Å². The zero-order valence-corrected chi connectivity index (χ0v) is 18.1. The molecule has 2 bridgehead atoms. The van der Waals surface area contributed by atoms with Gasteiger partial charge in [0.25, 0.3) is 0 Å². The van der Waals surface area contributed by atoms with Crippen molar-refractivity contribution in [1.29, 1.82) is 0 Å². The van der Waals surface area contributed by atoms with E-state index < -0.39 is 5.66 Å². The van der Waals surface area contributed by atoms with Crippen LogP contribution in [0.2, 0.25) is 0 Å². The van der Waals surface area contributed by atoms with Crippen LogP contribution in [0.1, 0.15) is 24.5 Å². The molecule has 3 aromatic rings. The first-order valence-electron chi connectivity index (χ1n) is 10.9. The highest BCUT2D eigenvalue weighted by Gasteiger charge is 2.40. The Morgan fingerprint density at radius 3 is 2.67 bits per heavy atom. The van der Waals surface area contributed by atoms with E-state index in [4.69, 9.17) is 11.4 Å². The maximum Gasteiger partial charge on any atom is 0.329 e. The molecular weight excluding hydrogens is 414 g/mol. The fourth-order valence-electron chi connectivity index (χ4n) is 4.50. The molecule has 3 aliphatic rings. The topological polar surface area (TPSA) is 86.1 Å². The minimum Gasteiger partial charge on any atom is -0.366 e. The van der Waals surface area contributed by atoms with Gasteiger partial charge in [-0.25, -0.2) is 14.8 Å². The Balaban J connectivity index is 1.32. The average molecular weight is 435 g/mol. The van der Waals surface area contributed by atoms with E-state index in [2.05, 4.69) is 37.4 Å². The largest absolute Gasteiger partial charge is 0.366 e. The average Bonchev–Trinajstić information content (AvgIpc) is 3.47. The maximum absolute atomic E-state index is 13.3. The predicted molar refractivity (Wildman–Crippen MR) is 126 cm³/mol. The quantitative estimate of drug-likeness (QED) is 0.618. The normalized spacial score (nSPS) is 19.1. The van der Waals surface area contributed by atoms with Crippen LogP contribution in [0.3, 0.4) is 0 Å². The number of nitrogens with one attached hydrogen (secondary N) is 1. The first-order valence-corrected chi connectivity index (χ1v) is 10.9. The lowest BCUT2D eigenvalue weighted by Crippen LogP contribution is -2.48. The molecule has 5 heterocycles. The molecule has 3 aliphatic heterocycles. The molecule has 1 fully saturated rings. The molecule has 1 N–H and O–H groups in total. The lowest BCUT2D eigenvalue weighted by molar-refractivity contribution is 0.254. The van der Waals surface area contributed by atoms with Crippen LogP contribution in [-0.4, -0.2) is 35.1 Å². The number of aromatic nitrogens is 2. The molecule has 1 aromatic carbocycles. The summed E-state index contributed by atoms with van der Waals surface area (Å²) in [6.07, 6.45) is 7.86. The molecule has 0 radical (unpaired) electrons. The van der Waals surface area contributed by atoms with Crippen LogP contribution in [0.15, 0.2) is 65.0 Å². The Morgan fingerprint density at radius 1 is 1.15 bits per heavy atom. The van der Waals surface area contributed by atoms with E-state index in [0.29, 0.717) is 17.2 Å². The van der Waals surface area contributed by atoms with Gasteiger partial charge in [0.05, 0.1) is 17.4 Å². The van der Waals surface area contributed by atoms with Crippen molar-refractivity contribution in [3.8, 4) is 23.6 Å². The monoisotopic (exact) mass is 435 g/mol. The lowest BCUT2D eigenvalue weighted by atomic mass is 10.0. The second-order valence-corrected chi connectivity index (χ2v) is 8.60.